The molecule has 0 spiro atoms. The zero-order chi connectivity index (χ0) is 11.5. The molecule has 1 aliphatic heterocycles. The van der Waals surface area contributed by atoms with Crippen molar-refractivity contribution in [3.05, 3.63) is 48.0 Å². The summed E-state index contributed by atoms with van der Waals surface area (Å²) in [5.41, 5.74) is 0.623. The van der Waals surface area contributed by atoms with Gasteiger partial charge in [-0.1, -0.05) is 24.3 Å². The first kappa shape index (κ1) is 10.6. The first-order valence-electron chi connectivity index (χ1n) is 5.26. The number of amides is 1. The number of carbonyl (C=O) groups excluding carboxylic acids is 2. The Balaban J connectivity index is 2.23. The number of carbonyl (C=O) groups is 2. The van der Waals surface area contributed by atoms with Gasteiger partial charge in [0.2, 0.25) is 0 Å². The normalized spacial score (nSPS) is 19.9. The Kier molecular flexibility index (Phi) is 2.86. The molecule has 3 nitrogen and oxygen atoms in total. The highest BCUT2D eigenvalue weighted by Gasteiger charge is 2.26. The van der Waals surface area contributed by atoms with Crippen molar-refractivity contribution in [2.75, 3.05) is 6.54 Å². The average molecular weight is 215 g/mol. The summed E-state index contributed by atoms with van der Waals surface area (Å²) in [6, 6.07) is 8.66. The fourth-order valence-electron chi connectivity index (χ4n) is 1.74. The van der Waals surface area contributed by atoms with Gasteiger partial charge in [-0.15, -0.1) is 0 Å². The van der Waals surface area contributed by atoms with Gasteiger partial charge in [0.1, 0.15) is 0 Å². The predicted molar refractivity (Wildman–Crippen MR) is 61.1 cm³/mol. The van der Waals surface area contributed by atoms with Crippen molar-refractivity contribution < 1.29 is 9.59 Å². The van der Waals surface area contributed by atoms with E-state index in [9.17, 15) is 9.59 Å². The van der Waals surface area contributed by atoms with Crippen LogP contribution in [0.25, 0.3) is 0 Å². The predicted octanol–water partition coefficient (Wildman–Crippen LogP) is 1.66. The number of nitrogens with zero attached hydrogens (tertiary/aromatic N) is 1. The second kappa shape index (κ2) is 4.31. The highest BCUT2D eigenvalue weighted by atomic mass is 16.2. The summed E-state index contributed by atoms with van der Waals surface area (Å²) < 4.78 is 0. The van der Waals surface area contributed by atoms with Gasteiger partial charge in [0.25, 0.3) is 5.91 Å². The lowest BCUT2D eigenvalue weighted by molar-refractivity contribution is -0.118. The fourth-order valence-corrected chi connectivity index (χ4v) is 1.74. The Labute approximate surface area is 94.4 Å². The van der Waals surface area contributed by atoms with Crippen LogP contribution in [0.15, 0.2) is 42.5 Å². The van der Waals surface area contributed by atoms with Crippen molar-refractivity contribution in [2.24, 2.45) is 0 Å². The number of ketones is 1. The lowest BCUT2D eigenvalue weighted by Crippen LogP contribution is -2.45. The molecule has 1 amide bonds. The van der Waals surface area contributed by atoms with Crippen molar-refractivity contribution in [2.45, 2.75) is 13.0 Å². The van der Waals surface area contributed by atoms with Crippen LogP contribution in [0.3, 0.4) is 0 Å². The largest absolute Gasteiger partial charge is 0.325 e. The summed E-state index contributed by atoms with van der Waals surface area (Å²) in [6.07, 6.45) is 3.27. The van der Waals surface area contributed by atoms with Crippen LogP contribution in [-0.2, 0) is 4.79 Å². The van der Waals surface area contributed by atoms with Crippen molar-refractivity contribution in [3.63, 3.8) is 0 Å². The molecule has 1 unspecified atom stereocenters. The van der Waals surface area contributed by atoms with E-state index in [1.54, 1.807) is 36.1 Å². The molecule has 2 rings (SSSR count). The molecule has 0 N–H and O–H groups in total. The molecule has 0 saturated carbocycles. The van der Waals surface area contributed by atoms with E-state index in [2.05, 4.69) is 0 Å². The summed E-state index contributed by atoms with van der Waals surface area (Å²) in [4.78, 5) is 25.1. The molecule has 1 aliphatic rings. The molecule has 0 aromatic heterocycles. The van der Waals surface area contributed by atoms with Gasteiger partial charge < -0.3 is 4.90 Å². The Morgan fingerprint density at radius 1 is 1.31 bits per heavy atom. The maximum absolute atomic E-state index is 12.1. The minimum absolute atomic E-state index is 0.0180. The zero-order valence-corrected chi connectivity index (χ0v) is 9.09. The van der Waals surface area contributed by atoms with E-state index >= 15 is 0 Å². The zero-order valence-electron chi connectivity index (χ0n) is 9.09. The van der Waals surface area contributed by atoms with E-state index in [-0.39, 0.29) is 17.7 Å². The second-order valence-corrected chi connectivity index (χ2v) is 3.80. The van der Waals surface area contributed by atoms with Crippen LogP contribution in [0, 0.1) is 0 Å². The molecular weight excluding hydrogens is 202 g/mol. The molecular formula is C13H13NO2. The number of hydrogen-bond donors (Lipinski definition) is 0. The molecule has 82 valence electrons. The topological polar surface area (TPSA) is 37.4 Å². The molecule has 0 radical (unpaired) electrons. The summed E-state index contributed by atoms with van der Waals surface area (Å²) in [7, 11) is 0. The number of benzene rings is 1. The van der Waals surface area contributed by atoms with Crippen LogP contribution in [0.1, 0.15) is 17.3 Å². The van der Waals surface area contributed by atoms with Crippen molar-refractivity contribution in [1.82, 2.24) is 4.90 Å². The third kappa shape index (κ3) is 1.89. The average Bonchev–Trinajstić information content (AvgIpc) is 2.33. The second-order valence-electron chi connectivity index (χ2n) is 3.80. The third-order valence-corrected chi connectivity index (χ3v) is 2.75. The quantitative estimate of drug-likeness (QED) is 0.714. The third-order valence-electron chi connectivity index (χ3n) is 2.75. The van der Waals surface area contributed by atoms with Gasteiger partial charge in [-0.2, -0.15) is 0 Å². The SMILES string of the molecule is CC1C(=O)C=CCN1C(=O)c1ccccc1. The molecule has 0 saturated heterocycles. The van der Waals surface area contributed by atoms with Crippen molar-refractivity contribution >= 4 is 11.7 Å². The van der Waals surface area contributed by atoms with Crippen molar-refractivity contribution in [1.29, 1.82) is 0 Å². The first-order chi connectivity index (χ1) is 7.70. The van der Waals surface area contributed by atoms with E-state index in [4.69, 9.17) is 0 Å². The highest BCUT2D eigenvalue weighted by Crippen LogP contribution is 2.12. The molecule has 3 heteroatoms. The van der Waals surface area contributed by atoms with E-state index < -0.39 is 0 Å². The van der Waals surface area contributed by atoms with Gasteiger partial charge in [0.05, 0.1) is 6.04 Å². The molecule has 1 aromatic rings. The summed E-state index contributed by atoms with van der Waals surface area (Å²) >= 11 is 0. The van der Waals surface area contributed by atoms with Crippen LogP contribution in [0.2, 0.25) is 0 Å². The van der Waals surface area contributed by atoms with Crippen LogP contribution in [-0.4, -0.2) is 29.2 Å². The lowest BCUT2D eigenvalue weighted by atomic mass is 10.1. The molecule has 1 heterocycles. The van der Waals surface area contributed by atoms with Gasteiger partial charge in [-0.3, -0.25) is 9.59 Å². The van der Waals surface area contributed by atoms with Crippen LogP contribution in [0.5, 0.6) is 0 Å². The van der Waals surface area contributed by atoms with Gasteiger partial charge >= 0.3 is 0 Å². The minimum Gasteiger partial charge on any atom is -0.325 e. The summed E-state index contributed by atoms with van der Waals surface area (Å²) in [5, 5.41) is 0. The molecule has 0 fully saturated rings. The number of rotatable bonds is 1. The van der Waals surface area contributed by atoms with Gasteiger partial charge in [-0.25, -0.2) is 0 Å². The first-order valence-corrected chi connectivity index (χ1v) is 5.26. The Hall–Kier alpha value is -1.90. The summed E-state index contributed by atoms with van der Waals surface area (Å²) in [6.45, 7) is 2.26. The summed E-state index contributed by atoms with van der Waals surface area (Å²) in [5.74, 6) is -0.110. The van der Waals surface area contributed by atoms with Gasteiger partial charge in [-0.05, 0) is 25.1 Å². The lowest BCUT2D eigenvalue weighted by Gasteiger charge is -2.29. The molecule has 1 atom stereocenters. The highest BCUT2D eigenvalue weighted by molar-refractivity contribution is 6.02. The Morgan fingerprint density at radius 3 is 2.69 bits per heavy atom. The molecule has 0 aliphatic carbocycles. The standard InChI is InChI=1S/C13H13NO2/c1-10-12(15)8-5-9-14(10)13(16)11-6-3-2-4-7-11/h2-8,10H,9H2,1H3. The minimum atomic E-state index is -0.363. The van der Waals surface area contributed by atoms with Crippen molar-refractivity contribution in [3.8, 4) is 0 Å². The van der Waals surface area contributed by atoms with Gasteiger partial charge in [0, 0.05) is 12.1 Å². The van der Waals surface area contributed by atoms with E-state index in [0.29, 0.717) is 12.1 Å². The Morgan fingerprint density at radius 2 is 2.00 bits per heavy atom. The maximum Gasteiger partial charge on any atom is 0.254 e. The van der Waals surface area contributed by atoms with Crippen LogP contribution < -0.4 is 0 Å². The Bertz CT molecular complexity index is 437. The van der Waals surface area contributed by atoms with E-state index in [1.807, 2.05) is 18.2 Å². The van der Waals surface area contributed by atoms with Crippen LogP contribution in [0.4, 0.5) is 0 Å². The fraction of sp³-hybridized carbons (Fsp3) is 0.231. The van der Waals surface area contributed by atoms with Gasteiger partial charge in [0.15, 0.2) is 5.78 Å². The monoisotopic (exact) mass is 215 g/mol. The molecule has 0 bridgehead atoms. The van der Waals surface area contributed by atoms with Crippen LogP contribution >= 0.6 is 0 Å². The van der Waals surface area contributed by atoms with E-state index in [1.165, 1.54) is 0 Å². The number of hydrogen-bond acceptors (Lipinski definition) is 2. The van der Waals surface area contributed by atoms with E-state index in [0.717, 1.165) is 0 Å². The molecule has 1 aromatic carbocycles. The smallest absolute Gasteiger partial charge is 0.254 e. The molecule has 16 heavy (non-hydrogen) atoms. The maximum atomic E-state index is 12.1.